The van der Waals surface area contributed by atoms with E-state index in [1.165, 1.54) is 0 Å². The number of nitrogens with one attached hydrogen (secondary N) is 1. The molecule has 0 aliphatic heterocycles. The van der Waals surface area contributed by atoms with Gasteiger partial charge in [-0.2, -0.15) is 0 Å². The van der Waals surface area contributed by atoms with Gasteiger partial charge >= 0.3 is 0 Å². The van der Waals surface area contributed by atoms with Crippen LogP contribution in [-0.2, 0) is 4.79 Å². The second-order valence-corrected chi connectivity index (χ2v) is 5.16. The number of carbonyl (C=O) groups excluding carboxylic acids is 1. The van der Waals surface area contributed by atoms with Crippen LogP contribution in [0, 0.1) is 5.41 Å². The number of benzene rings is 1. The number of hydrogen-bond donors (Lipinski definition) is 2. The third kappa shape index (κ3) is 3.44. The summed E-state index contributed by atoms with van der Waals surface area (Å²) in [5.74, 6) is 0.801. The Morgan fingerprint density at radius 2 is 2.05 bits per heavy atom. The molecule has 0 aromatic heterocycles. The Morgan fingerprint density at radius 3 is 2.63 bits per heavy atom. The average Bonchev–Trinajstić information content (AvgIpc) is 3.21. The summed E-state index contributed by atoms with van der Waals surface area (Å²) in [6.07, 6.45) is 2.30. The molecule has 0 spiro atoms. The van der Waals surface area contributed by atoms with E-state index in [4.69, 9.17) is 22.7 Å². The van der Waals surface area contributed by atoms with Crippen LogP contribution in [0.15, 0.2) is 30.3 Å². The minimum absolute atomic E-state index is 0.0419. The molecular formula is C14H18N2O2S. The molecule has 1 saturated carbocycles. The van der Waals surface area contributed by atoms with E-state index in [-0.39, 0.29) is 5.91 Å². The predicted octanol–water partition coefficient (Wildman–Crippen LogP) is 1.64. The SMILES string of the molecule is NC(=S)C1(C(=O)NCCCOc2ccccc2)CC1. The van der Waals surface area contributed by atoms with Crippen molar-refractivity contribution in [1.29, 1.82) is 0 Å². The maximum Gasteiger partial charge on any atom is 0.233 e. The van der Waals surface area contributed by atoms with E-state index in [1.54, 1.807) is 0 Å². The second kappa shape index (κ2) is 6.02. The van der Waals surface area contributed by atoms with Crippen LogP contribution in [0.25, 0.3) is 0 Å². The molecule has 1 fully saturated rings. The Balaban J connectivity index is 1.62. The van der Waals surface area contributed by atoms with Gasteiger partial charge in [-0.3, -0.25) is 4.79 Å². The van der Waals surface area contributed by atoms with E-state index in [1.807, 2.05) is 30.3 Å². The fraction of sp³-hybridized carbons (Fsp3) is 0.429. The molecule has 19 heavy (non-hydrogen) atoms. The topological polar surface area (TPSA) is 64.4 Å². The van der Waals surface area contributed by atoms with Crippen molar-refractivity contribution in [2.45, 2.75) is 19.3 Å². The predicted molar refractivity (Wildman–Crippen MR) is 78.0 cm³/mol. The van der Waals surface area contributed by atoms with Gasteiger partial charge in [-0.25, -0.2) is 0 Å². The van der Waals surface area contributed by atoms with Crippen molar-refractivity contribution >= 4 is 23.1 Å². The van der Waals surface area contributed by atoms with Crippen LogP contribution in [0.3, 0.4) is 0 Å². The minimum atomic E-state index is -0.560. The number of ether oxygens (including phenoxy) is 1. The molecule has 3 N–H and O–H groups in total. The first kappa shape index (κ1) is 13.8. The molecule has 1 aliphatic carbocycles. The number of carbonyl (C=O) groups is 1. The van der Waals surface area contributed by atoms with Crippen LogP contribution >= 0.6 is 12.2 Å². The van der Waals surface area contributed by atoms with Gasteiger partial charge in [0.25, 0.3) is 0 Å². The van der Waals surface area contributed by atoms with Crippen LogP contribution in [0.4, 0.5) is 0 Å². The van der Waals surface area contributed by atoms with E-state index in [0.29, 0.717) is 18.1 Å². The molecule has 0 radical (unpaired) electrons. The summed E-state index contributed by atoms with van der Waals surface area (Å²) in [6.45, 7) is 1.15. The molecule has 2 rings (SSSR count). The largest absolute Gasteiger partial charge is 0.494 e. The quantitative estimate of drug-likeness (QED) is 0.588. The third-order valence-electron chi connectivity index (χ3n) is 3.27. The molecule has 1 aliphatic rings. The smallest absolute Gasteiger partial charge is 0.233 e. The highest BCUT2D eigenvalue weighted by molar-refractivity contribution is 7.80. The highest BCUT2D eigenvalue weighted by Crippen LogP contribution is 2.46. The standard InChI is InChI=1S/C14H18N2O2S/c15-12(19)14(7-8-14)13(17)16-9-4-10-18-11-5-2-1-3-6-11/h1-3,5-6H,4,7-10H2,(H2,15,19)(H,16,17). The van der Waals surface area contributed by atoms with Crippen molar-refractivity contribution in [3.63, 3.8) is 0 Å². The Bertz CT molecular complexity index is 458. The Morgan fingerprint density at radius 1 is 1.37 bits per heavy atom. The van der Waals surface area contributed by atoms with Crippen molar-refractivity contribution in [2.24, 2.45) is 11.1 Å². The van der Waals surface area contributed by atoms with Crippen LogP contribution in [-0.4, -0.2) is 24.0 Å². The summed E-state index contributed by atoms with van der Waals surface area (Å²) in [4.78, 5) is 12.2. The summed E-state index contributed by atoms with van der Waals surface area (Å²) in [5.41, 5.74) is 5.03. The molecule has 0 atom stereocenters. The zero-order valence-electron chi connectivity index (χ0n) is 10.7. The van der Waals surface area contributed by atoms with Gasteiger partial charge in [-0.05, 0) is 31.4 Å². The first-order chi connectivity index (χ1) is 9.15. The van der Waals surface area contributed by atoms with Gasteiger partial charge in [0.2, 0.25) is 5.91 Å². The Labute approximate surface area is 118 Å². The van der Waals surface area contributed by atoms with Crippen molar-refractivity contribution in [3.05, 3.63) is 30.3 Å². The summed E-state index contributed by atoms with van der Waals surface area (Å²) in [5, 5.41) is 2.87. The van der Waals surface area contributed by atoms with Crippen molar-refractivity contribution in [2.75, 3.05) is 13.2 Å². The normalized spacial score (nSPS) is 15.6. The molecule has 0 unspecified atom stereocenters. The summed E-state index contributed by atoms with van der Waals surface area (Å²) in [7, 11) is 0. The lowest BCUT2D eigenvalue weighted by atomic mass is 10.1. The summed E-state index contributed by atoms with van der Waals surface area (Å²) < 4.78 is 5.53. The lowest BCUT2D eigenvalue weighted by Gasteiger charge is -2.13. The molecule has 0 saturated heterocycles. The van der Waals surface area contributed by atoms with E-state index in [2.05, 4.69) is 5.32 Å². The van der Waals surface area contributed by atoms with Crippen LogP contribution in [0.5, 0.6) is 5.75 Å². The zero-order valence-corrected chi connectivity index (χ0v) is 11.5. The number of rotatable bonds is 7. The van der Waals surface area contributed by atoms with Crippen LogP contribution in [0.2, 0.25) is 0 Å². The van der Waals surface area contributed by atoms with E-state index < -0.39 is 5.41 Å². The highest BCUT2D eigenvalue weighted by Gasteiger charge is 2.52. The molecule has 1 aromatic carbocycles. The lowest BCUT2D eigenvalue weighted by Crippen LogP contribution is -2.40. The van der Waals surface area contributed by atoms with E-state index in [0.717, 1.165) is 25.0 Å². The summed E-state index contributed by atoms with van der Waals surface area (Å²) in [6, 6.07) is 9.61. The maximum atomic E-state index is 11.9. The number of hydrogen-bond acceptors (Lipinski definition) is 3. The van der Waals surface area contributed by atoms with Gasteiger partial charge in [-0.1, -0.05) is 30.4 Å². The van der Waals surface area contributed by atoms with Gasteiger partial charge in [0.05, 0.1) is 17.0 Å². The molecule has 1 aromatic rings. The van der Waals surface area contributed by atoms with Gasteiger partial charge in [0.15, 0.2) is 0 Å². The Kier molecular flexibility index (Phi) is 4.37. The molecular weight excluding hydrogens is 260 g/mol. The maximum absolute atomic E-state index is 11.9. The number of nitrogens with two attached hydrogens (primary N) is 1. The van der Waals surface area contributed by atoms with Crippen LogP contribution < -0.4 is 15.8 Å². The molecule has 0 bridgehead atoms. The average molecular weight is 278 g/mol. The molecule has 1 amide bonds. The lowest BCUT2D eigenvalue weighted by molar-refractivity contribution is -0.124. The number of para-hydroxylation sites is 1. The van der Waals surface area contributed by atoms with E-state index in [9.17, 15) is 4.79 Å². The first-order valence-corrected chi connectivity index (χ1v) is 6.82. The summed E-state index contributed by atoms with van der Waals surface area (Å²) >= 11 is 4.93. The van der Waals surface area contributed by atoms with Crippen molar-refractivity contribution in [1.82, 2.24) is 5.32 Å². The van der Waals surface area contributed by atoms with Gasteiger partial charge in [0, 0.05) is 6.54 Å². The van der Waals surface area contributed by atoms with Gasteiger partial charge < -0.3 is 15.8 Å². The van der Waals surface area contributed by atoms with E-state index >= 15 is 0 Å². The molecule has 5 heteroatoms. The fourth-order valence-corrected chi connectivity index (χ4v) is 2.16. The van der Waals surface area contributed by atoms with Crippen molar-refractivity contribution in [3.8, 4) is 5.75 Å². The monoisotopic (exact) mass is 278 g/mol. The molecule has 4 nitrogen and oxygen atoms in total. The zero-order chi connectivity index (χ0) is 13.7. The minimum Gasteiger partial charge on any atom is -0.494 e. The first-order valence-electron chi connectivity index (χ1n) is 6.41. The fourth-order valence-electron chi connectivity index (χ4n) is 1.86. The van der Waals surface area contributed by atoms with Crippen LogP contribution in [0.1, 0.15) is 19.3 Å². The molecule has 102 valence electrons. The second-order valence-electron chi connectivity index (χ2n) is 4.72. The number of amides is 1. The Hall–Kier alpha value is -1.62. The van der Waals surface area contributed by atoms with Gasteiger partial charge in [-0.15, -0.1) is 0 Å². The van der Waals surface area contributed by atoms with Crippen molar-refractivity contribution < 1.29 is 9.53 Å². The third-order valence-corrected chi connectivity index (χ3v) is 3.67. The molecule has 0 heterocycles. The number of thiocarbonyl (C=S) groups is 1. The highest BCUT2D eigenvalue weighted by atomic mass is 32.1. The van der Waals surface area contributed by atoms with Gasteiger partial charge in [0.1, 0.15) is 5.75 Å².